The number of carbonyl (C=O) groups is 1. The number of hydrogen-bond acceptors (Lipinski definition) is 3. The van der Waals surface area contributed by atoms with Gasteiger partial charge in [-0.15, -0.1) is 0 Å². The summed E-state index contributed by atoms with van der Waals surface area (Å²) in [5, 5.41) is 12.6. The summed E-state index contributed by atoms with van der Waals surface area (Å²) in [6.07, 6.45) is 5.56. The Morgan fingerprint density at radius 3 is 2.47 bits per heavy atom. The number of piperidine rings is 1. The van der Waals surface area contributed by atoms with Crippen LogP contribution in [0.3, 0.4) is 0 Å². The van der Waals surface area contributed by atoms with Crippen molar-refractivity contribution in [2.75, 3.05) is 26.2 Å². The summed E-state index contributed by atoms with van der Waals surface area (Å²) in [4.78, 5) is 15.5. The summed E-state index contributed by atoms with van der Waals surface area (Å²) in [5.41, 5.74) is 3.73. The van der Waals surface area contributed by atoms with E-state index < -0.39 is 0 Å². The van der Waals surface area contributed by atoms with Crippen LogP contribution in [0, 0.1) is 11.3 Å². The predicted molar refractivity (Wildman–Crippen MR) is 119 cm³/mol. The third kappa shape index (κ3) is 4.29. The van der Waals surface area contributed by atoms with Gasteiger partial charge in [0.2, 0.25) is 0 Å². The van der Waals surface area contributed by atoms with Crippen molar-refractivity contribution >= 4 is 5.91 Å². The molecule has 0 radical (unpaired) electrons. The van der Waals surface area contributed by atoms with Gasteiger partial charge < -0.3 is 14.8 Å². The number of nitrogens with one attached hydrogen (secondary N) is 1. The second-order valence-electron chi connectivity index (χ2n) is 7.60. The van der Waals surface area contributed by atoms with E-state index in [4.69, 9.17) is 0 Å². The van der Waals surface area contributed by atoms with Crippen LogP contribution in [0.1, 0.15) is 35.3 Å². The molecule has 0 atom stereocenters. The Bertz CT molecular complexity index is 1040. The van der Waals surface area contributed by atoms with Crippen LogP contribution in [0.2, 0.25) is 0 Å². The zero-order valence-electron chi connectivity index (χ0n) is 17.1. The first-order chi connectivity index (χ1) is 14.8. The minimum absolute atomic E-state index is 0.212. The van der Waals surface area contributed by atoms with Crippen LogP contribution in [0.25, 0.3) is 16.8 Å². The quantitative estimate of drug-likeness (QED) is 0.676. The molecule has 3 aromatic rings. The van der Waals surface area contributed by atoms with Gasteiger partial charge in [0.05, 0.1) is 11.3 Å². The summed E-state index contributed by atoms with van der Waals surface area (Å²) in [5.74, 6) is -0.212. The summed E-state index contributed by atoms with van der Waals surface area (Å²) in [6, 6.07) is 21.9. The molecule has 152 valence electrons. The smallest absolute Gasteiger partial charge is 0.269 e. The molecule has 2 heterocycles. The normalized spacial score (nSPS) is 14.2. The lowest BCUT2D eigenvalue weighted by molar-refractivity contribution is 0.0939. The van der Waals surface area contributed by atoms with Gasteiger partial charge in [0, 0.05) is 24.8 Å². The van der Waals surface area contributed by atoms with Gasteiger partial charge >= 0.3 is 0 Å². The monoisotopic (exact) mass is 398 g/mol. The summed E-state index contributed by atoms with van der Waals surface area (Å²) in [7, 11) is 0. The number of para-hydroxylation sites is 1. The van der Waals surface area contributed by atoms with E-state index in [9.17, 15) is 10.1 Å². The molecule has 4 rings (SSSR count). The number of nitrogens with zero attached hydrogens (tertiary/aromatic N) is 3. The van der Waals surface area contributed by atoms with E-state index >= 15 is 0 Å². The van der Waals surface area contributed by atoms with Crippen LogP contribution in [0.4, 0.5) is 0 Å². The van der Waals surface area contributed by atoms with Gasteiger partial charge in [0.25, 0.3) is 5.91 Å². The van der Waals surface area contributed by atoms with E-state index in [1.807, 2.05) is 59.2 Å². The van der Waals surface area contributed by atoms with Crippen LogP contribution >= 0.6 is 0 Å². The Morgan fingerprint density at radius 1 is 0.967 bits per heavy atom. The maximum absolute atomic E-state index is 13.1. The number of benzene rings is 2. The van der Waals surface area contributed by atoms with Crippen molar-refractivity contribution in [1.29, 1.82) is 5.26 Å². The molecule has 1 saturated heterocycles. The van der Waals surface area contributed by atoms with Gasteiger partial charge in [0.1, 0.15) is 11.8 Å². The minimum Gasteiger partial charge on any atom is -0.349 e. The standard InChI is InChI=1S/C25H26N4O/c26-19-21-13-17-29(23-12-6-5-11-22(23)20-9-3-1-4-10-20)24(21)25(30)27-14-18-28-15-7-2-8-16-28/h1,3-6,9-13,17H,2,7-8,14-16,18H2,(H,27,30). The number of amides is 1. The predicted octanol–water partition coefficient (Wildman–Crippen LogP) is 4.23. The number of hydrogen-bond donors (Lipinski definition) is 1. The topological polar surface area (TPSA) is 61.1 Å². The van der Waals surface area contributed by atoms with E-state index in [0.29, 0.717) is 17.8 Å². The van der Waals surface area contributed by atoms with Crippen LogP contribution in [0.15, 0.2) is 66.9 Å². The van der Waals surface area contributed by atoms with E-state index in [0.717, 1.165) is 36.4 Å². The molecule has 1 N–H and O–H groups in total. The lowest BCUT2D eigenvalue weighted by atomic mass is 10.0. The SMILES string of the molecule is N#Cc1ccn(-c2ccccc2-c2ccccc2)c1C(=O)NCCN1CCCCC1. The van der Waals surface area contributed by atoms with Gasteiger partial charge in [-0.05, 0) is 43.6 Å². The van der Waals surface area contributed by atoms with Crippen molar-refractivity contribution in [2.45, 2.75) is 19.3 Å². The number of rotatable bonds is 6. The van der Waals surface area contributed by atoms with Crippen molar-refractivity contribution in [3.8, 4) is 22.9 Å². The molecule has 30 heavy (non-hydrogen) atoms. The van der Waals surface area contributed by atoms with Crippen molar-refractivity contribution < 1.29 is 4.79 Å². The number of carbonyl (C=O) groups excluding carboxylic acids is 1. The highest BCUT2D eigenvalue weighted by molar-refractivity contribution is 5.96. The van der Waals surface area contributed by atoms with Crippen LogP contribution < -0.4 is 5.32 Å². The average Bonchev–Trinajstić information content (AvgIpc) is 3.24. The number of aromatic nitrogens is 1. The van der Waals surface area contributed by atoms with E-state index in [1.54, 1.807) is 12.3 Å². The molecule has 0 aliphatic carbocycles. The molecular formula is C25H26N4O. The molecule has 1 fully saturated rings. The molecule has 1 aliphatic rings. The van der Waals surface area contributed by atoms with Crippen molar-refractivity contribution in [3.05, 3.63) is 78.1 Å². The Labute approximate surface area is 177 Å². The van der Waals surface area contributed by atoms with Crippen molar-refractivity contribution in [1.82, 2.24) is 14.8 Å². The molecule has 1 aromatic heterocycles. The fourth-order valence-electron chi connectivity index (χ4n) is 4.09. The van der Waals surface area contributed by atoms with Crippen LogP contribution in [0.5, 0.6) is 0 Å². The Kier molecular flexibility index (Phi) is 6.26. The summed E-state index contributed by atoms with van der Waals surface area (Å²) in [6.45, 7) is 3.62. The second kappa shape index (κ2) is 9.43. The fraction of sp³-hybridized carbons (Fsp3) is 0.280. The lowest BCUT2D eigenvalue weighted by Crippen LogP contribution is -2.38. The molecule has 5 nitrogen and oxygen atoms in total. The Balaban J connectivity index is 1.60. The van der Waals surface area contributed by atoms with Gasteiger partial charge in [-0.2, -0.15) is 5.26 Å². The summed E-state index contributed by atoms with van der Waals surface area (Å²) >= 11 is 0. The highest BCUT2D eigenvalue weighted by Gasteiger charge is 2.20. The van der Waals surface area contributed by atoms with Crippen molar-refractivity contribution in [3.63, 3.8) is 0 Å². The van der Waals surface area contributed by atoms with Gasteiger partial charge in [-0.25, -0.2) is 0 Å². The van der Waals surface area contributed by atoms with Crippen LogP contribution in [-0.2, 0) is 0 Å². The molecule has 2 aromatic carbocycles. The van der Waals surface area contributed by atoms with E-state index in [1.165, 1.54) is 19.3 Å². The van der Waals surface area contributed by atoms with E-state index in [-0.39, 0.29) is 5.91 Å². The highest BCUT2D eigenvalue weighted by Crippen LogP contribution is 2.28. The first-order valence-corrected chi connectivity index (χ1v) is 10.5. The van der Waals surface area contributed by atoms with Gasteiger partial charge in [-0.3, -0.25) is 4.79 Å². The third-order valence-corrected chi connectivity index (χ3v) is 5.63. The molecular weight excluding hydrogens is 372 g/mol. The minimum atomic E-state index is -0.212. The third-order valence-electron chi connectivity index (χ3n) is 5.63. The highest BCUT2D eigenvalue weighted by atomic mass is 16.1. The molecule has 0 bridgehead atoms. The Hall–Kier alpha value is -3.36. The first-order valence-electron chi connectivity index (χ1n) is 10.5. The molecule has 0 spiro atoms. The first kappa shape index (κ1) is 19.9. The van der Waals surface area contributed by atoms with Gasteiger partial charge in [-0.1, -0.05) is 55.0 Å². The fourth-order valence-corrected chi connectivity index (χ4v) is 4.09. The molecule has 1 aliphatic heterocycles. The lowest BCUT2D eigenvalue weighted by Gasteiger charge is -2.26. The molecule has 5 heteroatoms. The maximum Gasteiger partial charge on any atom is 0.269 e. The molecule has 0 saturated carbocycles. The zero-order chi connectivity index (χ0) is 20.8. The number of likely N-dealkylation sites (tertiary alicyclic amines) is 1. The average molecular weight is 399 g/mol. The van der Waals surface area contributed by atoms with Gasteiger partial charge in [0.15, 0.2) is 0 Å². The molecule has 0 unspecified atom stereocenters. The Morgan fingerprint density at radius 2 is 1.70 bits per heavy atom. The van der Waals surface area contributed by atoms with Crippen LogP contribution in [-0.4, -0.2) is 41.6 Å². The second-order valence-corrected chi connectivity index (χ2v) is 7.60. The van der Waals surface area contributed by atoms with E-state index in [2.05, 4.69) is 16.3 Å². The maximum atomic E-state index is 13.1. The van der Waals surface area contributed by atoms with Crippen molar-refractivity contribution in [2.24, 2.45) is 0 Å². The molecule has 1 amide bonds. The number of nitriles is 1. The zero-order valence-corrected chi connectivity index (χ0v) is 17.1. The largest absolute Gasteiger partial charge is 0.349 e. The summed E-state index contributed by atoms with van der Waals surface area (Å²) < 4.78 is 1.83.